The van der Waals surface area contributed by atoms with Gasteiger partial charge in [-0.25, -0.2) is 4.39 Å². The van der Waals surface area contributed by atoms with Gasteiger partial charge in [-0.2, -0.15) is 0 Å². The first-order valence-corrected chi connectivity index (χ1v) is 4.67. The Morgan fingerprint density at radius 3 is 2.71 bits per heavy atom. The largest absolute Gasteiger partial charge is 0.496 e. The summed E-state index contributed by atoms with van der Waals surface area (Å²) in [5.41, 5.74) is 0.551. The lowest BCUT2D eigenvalue weighted by atomic mass is 9.96. The van der Waals surface area contributed by atoms with Crippen LogP contribution in [0.1, 0.15) is 18.4 Å². The number of methoxy groups -OCH3 is 1. The Kier molecular flexibility index (Phi) is 2.19. The molecule has 1 N–H and O–H groups in total. The van der Waals surface area contributed by atoms with Gasteiger partial charge in [0.25, 0.3) is 0 Å². The molecule has 2 nitrogen and oxygen atoms in total. The van der Waals surface area contributed by atoms with Crippen molar-refractivity contribution >= 4 is 0 Å². The number of aliphatic hydroxyl groups excluding tert-OH is 1. The van der Waals surface area contributed by atoms with Gasteiger partial charge >= 0.3 is 0 Å². The van der Waals surface area contributed by atoms with Crippen LogP contribution in [-0.4, -0.2) is 18.8 Å². The molecule has 1 aliphatic carbocycles. The van der Waals surface area contributed by atoms with Crippen LogP contribution in [0.2, 0.25) is 0 Å². The van der Waals surface area contributed by atoms with Crippen molar-refractivity contribution in [2.24, 2.45) is 0 Å². The van der Waals surface area contributed by atoms with Crippen molar-refractivity contribution in [3.63, 3.8) is 0 Å². The smallest absolute Gasteiger partial charge is 0.123 e. The van der Waals surface area contributed by atoms with E-state index in [1.807, 2.05) is 0 Å². The molecule has 0 saturated heterocycles. The highest BCUT2D eigenvalue weighted by molar-refractivity contribution is 5.43. The quantitative estimate of drug-likeness (QED) is 0.799. The lowest BCUT2D eigenvalue weighted by Crippen LogP contribution is -2.13. The van der Waals surface area contributed by atoms with Gasteiger partial charge in [-0.1, -0.05) is 0 Å². The standard InChI is InChI=1S/C11H13FO2/c1-14-10-3-2-8(12)6-9(10)11(7-13)4-5-11/h2-3,6,13H,4-5,7H2,1H3. The monoisotopic (exact) mass is 196 g/mol. The average Bonchev–Trinajstić information content (AvgIpc) is 2.98. The van der Waals surface area contributed by atoms with E-state index in [0.717, 1.165) is 18.4 Å². The predicted molar refractivity (Wildman–Crippen MR) is 50.9 cm³/mol. The van der Waals surface area contributed by atoms with E-state index in [0.29, 0.717) is 5.75 Å². The van der Waals surface area contributed by atoms with Crippen LogP contribution >= 0.6 is 0 Å². The summed E-state index contributed by atoms with van der Waals surface area (Å²) in [5, 5.41) is 9.24. The fraction of sp³-hybridized carbons (Fsp3) is 0.455. The molecule has 2 rings (SSSR count). The lowest BCUT2D eigenvalue weighted by Gasteiger charge is -2.16. The van der Waals surface area contributed by atoms with E-state index in [1.54, 1.807) is 13.2 Å². The third kappa shape index (κ3) is 1.38. The number of ether oxygens (including phenoxy) is 1. The van der Waals surface area contributed by atoms with Crippen molar-refractivity contribution < 1.29 is 14.2 Å². The molecule has 3 heteroatoms. The molecule has 14 heavy (non-hydrogen) atoms. The fourth-order valence-corrected chi connectivity index (χ4v) is 1.76. The van der Waals surface area contributed by atoms with E-state index in [-0.39, 0.29) is 17.8 Å². The molecule has 0 amide bonds. The second kappa shape index (κ2) is 3.24. The van der Waals surface area contributed by atoms with Crippen LogP contribution in [0.15, 0.2) is 18.2 Å². The Labute approximate surface area is 82.3 Å². The third-order valence-electron chi connectivity index (χ3n) is 2.89. The minimum absolute atomic E-state index is 0.0623. The molecule has 0 radical (unpaired) electrons. The molecule has 0 spiro atoms. The highest BCUT2D eigenvalue weighted by Gasteiger charge is 2.45. The number of hydrogen-bond acceptors (Lipinski definition) is 2. The van der Waals surface area contributed by atoms with Gasteiger partial charge in [-0.15, -0.1) is 0 Å². The topological polar surface area (TPSA) is 29.5 Å². The summed E-state index contributed by atoms with van der Waals surface area (Å²) in [4.78, 5) is 0. The van der Waals surface area contributed by atoms with Gasteiger partial charge in [-0.3, -0.25) is 0 Å². The summed E-state index contributed by atoms with van der Waals surface area (Å²) in [6.45, 7) is 0.0623. The zero-order valence-electron chi connectivity index (χ0n) is 8.09. The fourth-order valence-electron chi connectivity index (χ4n) is 1.76. The maximum atomic E-state index is 13.0. The predicted octanol–water partition coefficient (Wildman–Crippen LogP) is 1.86. The van der Waals surface area contributed by atoms with Crippen molar-refractivity contribution in [1.82, 2.24) is 0 Å². The zero-order chi connectivity index (χ0) is 10.2. The summed E-state index contributed by atoms with van der Waals surface area (Å²) in [6.07, 6.45) is 1.81. The van der Waals surface area contributed by atoms with Crippen molar-refractivity contribution in [1.29, 1.82) is 0 Å². The second-order valence-electron chi connectivity index (χ2n) is 3.78. The minimum atomic E-state index is -0.277. The molecule has 1 aromatic carbocycles. The van der Waals surface area contributed by atoms with Gasteiger partial charge < -0.3 is 9.84 Å². The SMILES string of the molecule is COc1ccc(F)cc1C1(CO)CC1. The Hall–Kier alpha value is -1.09. The summed E-state index contributed by atoms with van der Waals surface area (Å²) < 4.78 is 18.2. The minimum Gasteiger partial charge on any atom is -0.496 e. The third-order valence-corrected chi connectivity index (χ3v) is 2.89. The van der Waals surface area contributed by atoms with Gasteiger partial charge in [0, 0.05) is 11.0 Å². The first-order valence-electron chi connectivity index (χ1n) is 4.67. The Morgan fingerprint density at radius 2 is 2.21 bits per heavy atom. The maximum Gasteiger partial charge on any atom is 0.123 e. The van der Waals surface area contributed by atoms with Gasteiger partial charge in [0.1, 0.15) is 11.6 Å². The summed E-state index contributed by atoms with van der Waals surface area (Å²) >= 11 is 0. The second-order valence-corrected chi connectivity index (χ2v) is 3.78. The van der Waals surface area contributed by atoms with Crippen LogP contribution < -0.4 is 4.74 Å². The molecule has 0 aliphatic heterocycles. The first-order chi connectivity index (χ1) is 6.72. The molecule has 0 unspecified atom stereocenters. The van der Waals surface area contributed by atoms with Crippen molar-refractivity contribution in [2.75, 3.05) is 13.7 Å². The van der Waals surface area contributed by atoms with Crippen molar-refractivity contribution in [3.8, 4) is 5.75 Å². The van der Waals surface area contributed by atoms with Gasteiger partial charge in [0.05, 0.1) is 13.7 Å². The lowest BCUT2D eigenvalue weighted by molar-refractivity contribution is 0.251. The van der Waals surface area contributed by atoms with Crippen LogP contribution in [0.3, 0.4) is 0 Å². The number of benzene rings is 1. The van der Waals surface area contributed by atoms with Crippen LogP contribution in [-0.2, 0) is 5.41 Å². The summed E-state index contributed by atoms with van der Waals surface area (Å²) in [6, 6.07) is 4.44. The molecular weight excluding hydrogens is 183 g/mol. The normalized spacial score (nSPS) is 17.9. The average molecular weight is 196 g/mol. The van der Waals surface area contributed by atoms with Crippen LogP contribution in [0.25, 0.3) is 0 Å². The number of hydrogen-bond donors (Lipinski definition) is 1. The number of rotatable bonds is 3. The Balaban J connectivity index is 2.44. The molecule has 1 fully saturated rings. The number of halogens is 1. The molecule has 0 aromatic heterocycles. The van der Waals surface area contributed by atoms with Gasteiger partial charge in [0.2, 0.25) is 0 Å². The molecule has 1 saturated carbocycles. The Bertz CT molecular complexity index is 345. The highest BCUT2D eigenvalue weighted by atomic mass is 19.1. The van der Waals surface area contributed by atoms with Gasteiger partial charge in [0.15, 0.2) is 0 Å². The Morgan fingerprint density at radius 1 is 1.50 bits per heavy atom. The van der Waals surface area contributed by atoms with Crippen molar-refractivity contribution in [3.05, 3.63) is 29.6 Å². The molecule has 1 aromatic rings. The molecule has 0 atom stereocenters. The van der Waals surface area contributed by atoms with Gasteiger partial charge in [-0.05, 0) is 31.0 Å². The maximum absolute atomic E-state index is 13.0. The van der Waals surface area contributed by atoms with Crippen LogP contribution in [0, 0.1) is 5.82 Å². The first kappa shape index (κ1) is 9.46. The number of aliphatic hydroxyl groups is 1. The molecule has 0 bridgehead atoms. The zero-order valence-corrected chi connectivity index (χ0v) is 8.09. The van der Waals surface area contributed by atoms with E-state index >= 15 is 0 Å². The summed E-state index contributed by atoms with van der Waals surface area (Å²) in [5.74, 6) is 0.387. The molecule has 1 aliphatic rings. The highest BCUT2D eigenvalue weighted by Crippen LogP contribution is 2.50. The van der Waals surface area contributed by atoms with Crippen LogP contribution in [0.5, 0.6) is 5.75 Å². The summed E-state index contributed by atoms with van der Waals surface area (Å²) in [7, 11) is 1.56. The van der Waals surface area contributed by atoms with Crippen LogP contribution in [0.4, 0.5) is 4.39 Å². The molecule has 0 heterocycles. The van der Waals surface area contributed by atoms with E-state index < -0.39 is 0 Å². The molecule has 76 valence electrons. The van der Waals surface area contributed by atoms with E-state index in [2.05, 4.69) is 0 Å². The van der Waals surface area contributed by atoms with Crippen molar-refractivity contribution in [2.45, 2.75) is 18.3 Å². The van der Waals surface area contributed by atoms with E-state index in [1.165, 1.54) is 12.1 Å². The molecular formula is C11H13FO2. The van der Waals surface area contributed by atoms with E-state index in [9.17, 15) is 9.50 Å². The van der Waals surface area contributed by atoms with E-state index in [4.69, 9.17) is 4.74 Å².